The van der Waals surface area contributed by atoms with Crippen molar-refractivity contribution < 1.29 is 14.3 Å². The molecule has 0 saturated carbocycles. The average molecular weight is 430 g/mol. The van der Waals surface area contributed by atoms with Crippen LogP contribution in [0.15, 0.2) is 12.4 Å². The molecule has 3 aliphatic rings. The van der Waals surface area contributed by atoms with Gasteiger partial charge in [0.25, 0.3) is 0 Å². The zero-order chi connectivity index (χ0) is 21.6. The summed E-state index contributed by atoms with van der Waals surface area (Å²) in [7, 11) is 0. The van der Waals surface area contributed by atoms with Gasteiger partial charge in [0.05, 0.1) is 12.5 Å². The molecule has 4 rings (SSSR count). The van der Waals surface area contributed by atoms with E-state index in [0.29, 0.717) is 13.2 Å². The van der Waals surface area contributed by atoms with Crippen LogP contribution in [0.2, 0.25) is 0 Å². The minimum Gasteiger partial charge on any atom is -0.466 e. The van der Waals surface area contributed by atoms with Crippen LogP contribution in [0.1, 0.15) is 51.9 Å². The normalized spacial score (nSPS) is 23.0. The molecule has 31 heavy (non-hydrogen) atoms. The number of ether oxygens (including phenoxy) is 1. The Balaban J connectivity index is 1.31. The first-order valence-corrected chi connectivity index (χ1v) is 11.9. The SMILES string of the molecule is CCOC(=O)[C@H]1CCCN(C(=O)C2CCN(c3cc(N4CCCCC4)ncn3)CC2)C1. The summed E-state index contributed by atoms with van der Waals surface area (Å²) in [6.07, 6.45) is 8.74. The average Bonchev–Trinajstić information content (AvgIpc) is 2.84. The molecule has 0 bridgehead atoms. The van der Waals surface area contributed by atoms with Crippen LogP contribution in [0.3, 0.4) is 0 Å². The van der Waals surface area contributed by atoms with Crippen molar-refractivity contribution in [3.63, 3.8) is 0 Å². The van der Waals surface area contributed by atoms with Gasteiger partial charge in [-0.15, -0.1) is 0 Å². The van der Waals surface area contributed by atoms with Crippen LogP contribution in [0.25, 0.3) is 0 Å². The molecule has 1 aromatic rings. The molecule has 0 aliphatic carbocycles. The molecule has 3 aliphatic heterocycles. The van der Waals surface area contributed by atoms with Crippen LogP contribution < -0.4 is 9.80 Å². The molecule has 0 unspecified atom stereocenters. The van der Waals surface area contributed by atoms with E-state index < -0.39 is 0 Å². The summed E-state index contributed by atoms with van der Waals surface area (Å²) in [5.74, 6) is 1.86. The van der Waals surface area contributed by atoms with Crippen LogP contribution >= 0.6 is 0 Å². The maximum absolute atomic E-state index is 13.1. The number of carbonyl (C=O) groups is 2. The Morgan fingerprint density at radius 2 is 1.58 bits per heavy atom. The fraction of sp³-hybridized carbons (Fsp3) is 0.739. The third kappa shape index (κ3) is 5.28. The Labute approximate surface area is 185 Å². The second-order valence-electron chi connectivity index (χ2n) is 8.92. The van der Waals surface area contributed by atoms with E-state index in [-0.39, 0.29) is 23.7 Å². The number of likely N-dealkylation sites (tertiary alicyclic amines) is 1. The third-order valence-corrected chi connectivity index (χ3v) is 6.84. The van der Waals surface area contributed by atoms with Crippen LogP contribution in [0.5, 0.6) is 0 Å². The Kier molecular flexibility index (Phi) is 7.25. The fourth-order valence-electron chi connectivity index (χ4n) is 5.05. The van der Waals surface area contributed by atoms with Gasteiger partial charge < -0.3 is 19.4 Å². The molecule has 3 fully saturated rings. The van der Waals surface area contributed by atoms with Crippen molar-refractivity contribution in [1.82, 2.24) is 14.9 Å². The number of anilines is 2. The molecule has 0 N–H and O–H groups in total. The lowest BCUT2D eigenvalue weighted by molar-refractivity contribution is -0.152. The summed E-state index contributed by atoms with van der Waals surface area (Å²) in [4.78, 5) is 40.7. The summed E-state index contributed by atoms with van der Waals surface area (Å²) >= 11 is 0. The van der Waals surface area contributed by atoms with Crippen molar-refractivity contribution in [2.75, 3.05) is 55.7 Å². The quantitative estimate of drug-likeness (QED) is 0.666. The van der Waals surface area contributed by atoms with E-state index in [1.54, 1.807) is 6.33 Å². The van der Waals surface area contributed by atoms with Gasteiger partial charge in [-0.05, 0) is 51.9 Å². The molecular weight excluding hydrogens is 394 g/mol. The predicted molar refractivity (Wildman–Crippen MR) is 119 cm³/mol. The molecule has 1 atom stereocenters. The number of aromatic nitrogens is 2. The van der Waals surface area contributed by atoms with Gasteiger partial charge >= 0.3 is 5.97 Å². The molecule has 8 heteroatoms. The van der Waals surface area contributed by atoms with Crippen molar-refractivity contribution in [2.45, 2.75) is 51.9 Å². The lowest BCUT2D eigenvalue weighted by Gasteiger charge is -2.37. The van der Waals surface area contributed by atoms with Crippen molar-refractivity contribution in [1.29, 1.82) is 0 Å². The van der Waals surface area contributed by atoms with E-state index in [2.05, 4.69) is 25.8 Å². The molecule has 0 spiro atoms. The zero-order valence-electron chi connectivity index (χ0n) is 18.7. The minimum atomic E-state index is -0.174. The lowest BCUT2D eigenvalue weighted by atomic mass is 9.92. The summed E-state index contributed by atoms with van der Waals surface area (Å²) < 4.78 is 5.17. The molecule has 3 saturated heterocycles. The Bertz CT molecular complexity index is 759. The van der Waals surface area contributed by atoms with E-state index in [1.807, 2.05) is 11.8 Å². The van der Waals surface area contributed by atoms with E-state index in [1.165, 1.54) is 19.3 Å². The molecular formula is C23H35N5O3. The second kappa shape index (κ2) is 10.3. The molecule has 8 nitrogen and oxygen atoms in total. The molecule has 1 aromatic heterocycles. The predicted octanol–water partition coefficient (Wildman–Crippen LogP) is 2.49. The molecule has 0 aromatic carbocycles. The molecule has 170 valence electrons. The van der Waals surface area contributed by atoms with E-state index in [9.17, 15) is 9.59 Å². The van der Waals surface area contributed by atoms with E-state index in [0.717, 1.165) is 70.0 Å². The number of nitrogens with zero attached hydrogens (tertiary/aromatic N) is 5. The molecule has 4 heterocycles. The van der Waals surface area contributed by atoms with Gasteiger partial charge in [-0.3, -0.25) is 9.59 Å². The highest BCUT2D eigenvalue weighted by Crippen LogP contribution is 2.28. The molecule has 1 amide bonds. The maximum Gasteiger partial charge on any atom is 0.310 e. The Morgan fingerprint density at radius 3 is 2.26 bits per heavy atom. The minimum absolute atomic E-state index is 0.0283. The third-order valence-electron chi connectivity index (χ3n) is 6.84. The highest BCUT2D eigenvalue weighted by Gasteiger charge is 2.34. The van der Waals surface area contributed by atoms with E-state index >= 15 is 0 Å². The number of hydrogen-bond donors (Lipinski definition) is 0. The number of hydrogen-bond acceptors (Lipinski definition) is 7. The summed E-state index contributed by atoms with van der Waals surface area (Å²) in [5, 5.41) is 0. The van der Waals surface area contributed by atoms with Crippen molar-refractivity contribution in [3.05, 3.63) is 12.4 Å². The first kappa shape index (κ1) is 21.8. The van der Waals surface area contributed by atoms with Crippen molar-refractivity contribution in [2.24, 2.45) is 11.8 Å². The lowest BCUT2D eigenvalue weighted by Crippen LogP contribution is -2.47. The monoisotopic (exact) mass is 429 g/mol. The van der Waals surface area contributed by atoms with Crippen LogP contribution in [0, 0.1) is 11.8 Å². The van der Waals surface area contributed by atoms with Gasteiger partial charge in [-0.2, -0.15) is 0 Å². The zero-order valence-corrected chi connectivity index (χ0v) is 18.7. The second-order valence-corrected chi connectivity index (χ2v) is 8.92. The van der Waals surface area contributed by atoms with Gasteiger partial charge in [0.1, 0.15) is 18.0 Å². The largest absolute Gasteiger partial charge is 0.466 e. The van der Waals surface area contributed by atoms with Gasteiger partial charge in [-0.1, -0.05) is 0 Å². The van der Waals surface area contributed by atoms with Gasteiger partial charge in [0.15, 0.2) is 0 Å². The summed E-state index contributed by atoms with van der Waals surface area (Å²) in [5.41, 5.74) is 0. The standard InChI is InChI=1S/C23H35N5O3/c1-2-31-23(30)19-7-6-12-28(16-19)22(29)18-8-13-27(14-9-18)21-15-20(24-17-25-21)26-10-4-3-5-11-26/h15,17-19H,2-14,16H2,1H3/t19-/m0/s1. The fourth-order valence-corrected chi connectivity index (χ4v) is 5.05. The maximum atomic E-state index is 13.1. The Morgan fingerprint density at radius 1 is 0.903 bits per heavy atom. The highest BCUT2D eigenvalue weighted by molar-refractivity contribution is 5.80. The van der Waals surface area contributed by atoms with Crippen molar-refractivity contribution in [3.8, 4) is 0 Å². The number of rotatable bonds is 5. The van der Waals surface area contributed by atoms with Crippen LogP contribution in [0.4, 0.5) is 11.6 Å². The summed E-state index contributed by atoms with van der Waals surface area (Å²) in [6, 6.07) is 2.10. The number of amides is 1. The number of carbonyl (C=O) groups excluding carboxylic acids is 2. The smallest absolute Gasteiger partial charge is 0.310 e. The summed E-state index contributed by atoms with van der Waals surface area (Å²) in [6.45, 7) is 7.24. The number of esters is 1. The highest BCUT2D eigenvalue weighted by atomic mass is 16.5. The van der Waals surface area contributed by atoms with E-state index in [4.69, 9.17) is 4.74 Å². The first-order chi connectivity index (χ1) is 15.2. The molecule has 0 radical (unpaired) electrons. The number of piperidine rings is 3. The van der Waals surface area contributed by atoms with Crippen LogP contribution in [-0.2, 0) is 14.3 Å². The van der Waals surface area contributed by atoms with Gasteiger partial charge in [0.2, 0.25) is 5.91 Å². The first-order valence-electron chi connectivity index (χ1n) is 11.9. The topological polar surface area (TPSA) is 78.9 Å². The van der Waals surface area contributed by atoms with Crippen molar-refractivity contribution >= 4 is 23.5 Å². The van der Waals surface area contributed by atoms with Gasteiger partial charge in [0, 0.05) is 51.3 Å². The Hall–Kier alpha value is -2.38. The van der Waals surface area contributed by atoms with Crippen LogP contribution in [-0.4, -0.2) is 72.6 Å². The van der Waals surface area contributed by atoms with Gasteiger partial charge in [-0.25, -0.2) is 9.97 Å².